The van der Waals surface area contributed by atoms with Gasteiger partial charge in [-0.25, -0.2) is 17.9 Å². The third-order valence-corrected chi connectivity index (χ3v) is 11.0. The molecule has 4 aromatic rings. The number of amides is 2. The molecule has 1 saturated heterocycles. The molecule has 3 aromatic carbocycles. The maximum Gasteiger partial charge on any atom is 0.410 e. The summed E-state index contributed by atoms with van der Waals surface area (Å²) >= 11 is 6.39. The van der Waals surface area contributed by atoms with Gasteiger partial charge in [0, 0.05) is 48.2 Å². The number of aromatic nitrogens is 1. The SMILES string of the molecule is CC(=O)OCCCS(=O)(=O)NC(=O)c1cn(C(C)C)c2cc(-c3ccc(CCN(C[C@@H](OC4CCCCO4)c4cccc(Cl)c4)C(=O)OC(C)(C)C)cc3)ccc12. The Labute approximate surface area is 340 Å². The first-order chi connectivity index (χ1) is 27.0. The summed E-state index contributed by atoms with van der Waals surface area (Å²) in [7, 11) is -3.96. The number of hydrogen-bond donors (Lipinski definition) is 1. The van der Waals surface area contributed by atoms with Gasteiger partial charge < -0.3 is 28.4 Å². The second-order valence-electron chi connectivity index (χ2n) is 15.6. The summed E-state index contributed by atoms with van der Waals surface area (Å²) in [5.74, 6) is -1.58. The van der Waals surface area contributed by atoms with Crippen molar-refractivity contribution in [3.8, 4) is 11.1 Å². The van der Waals surface area contributed by atoms with E-state index in [9.17, 15) is 22.8 Å². The summed E-state index contributed by atoms with van der Waals surface area (Å²) < 4.78 is 52.4. The lowest BCUT2D eigenvalue weighted by molar-refractivity contribution is -0.192. The monoisotopic (exact) mass is 823 g/mol. The number of carbonyl (C=O) groups excluding carboxylic acids is 3. The fourth-order valence-corrected chi connectivity index (χ4v) is 7.79. The van der Waals surface area contributed by atoms with E-state index >= 15 is 0 Å². The molecule has 1 aliphatic rings. The van der Waals surface area contributed by atoms with Crippen molar-refractivity contribution in [1.29, 1.82) is 0 Å². The first kappa shape index (κ1) is 43.7. The molecular formula is C43H54ClN3O9S. The molecule has 1 fully saturated rings. The van der Waals surface area contributed by atoms with Crippen molar-refractivity contribution in [3.05, 3.63) is 94.6 Å². The molecule has 0 radical (unpaired) electrons. The van der Waals surface area contributed by atoms with Gasteiger partial charge in [0.05, 0.1) is 24.5 Å². The number of sulfonamides is 1. The van der Waals surface area contributed by atoms with Gasteiger partial charge in [-0.1, -0.05) is 60.1 Å². The maximum absolute atomic E-state index is 13.6. The van der Waals surface area contributed by atoms with Crippen LogP contribution in [0, 0.1) is 0 Å². The predicted molar refractivity (Wildman–Crippen MR) is 221 cm³/mol. The Balaban J connectivity index is 1.32. The van der Waals surface area contributed by atoms with E-state index < -0.39 is 39.7 Å². The number of halogens is 1. The normalized spacial score (nSPS) is 15.3. The van der Waals surface area contributed by atoms with E-state index in [-0.39, 0.29) is 43.2 Å². The third kappa shape index (κ3) is 12.8. The smallest absolute Gasteiger partial charge is 0.410 e. The molecule has 1 N–H and O–H groups in total. The van der Waals surface area contributed by atoms with Crippen molar-refractivity contribution in [1.82, 2.24) is 14.2 Å². The number of rotatable bonds is 16. The highest BCUT2D eigenvalue weighted by molar-refractivity contribution is 7.90. The molecule has 1 aliphatic heterocycles. The largest absolute Gasteiger partial charge is 0.466 e. The van der Waals surface area contributed by atoms with Gasteiger partial charge in [-0.3, -0.25) is 9.59 Å². The molecule has 0 aliphatic carbocycles. The second kappa shape index (κ2) is 19.3. The van der Waals surface area contributed by atoms with Crippen LogP contribution in [0.5, 0.6) is 0 Å². The Bertz CT molecular complexity index is 2120. The van der Waals surface area contributed by atoms with Gasteiger partial charge in [-0.05, 0) is 107 Å². The summed E-state index contributed by atoms with van der Waals surface area (Å²) in [6, 6.07) is 21.3. The minimum Gasteiger partial charge on any atom is -0.466 e. The van der Waals surface area contributed by atoms with Crippen molar-refractivity contribution in [3.63, 3.8) is 0 Å². The summed E-state index contributed by atoms with van der Waals surface area (Å²) in [6.45, 7) is 11.9. The van der Waals surface area contributed by atoms with Crippen LogP contribution in [0.1, 0.15) is 101 Å². The molecule has 1 unspecified atom stereocenters. The lowest BCUT2D eigenvalue weighted by Crippen LogP contribution is -2.41. The number of ether oxygens (including phenoxy) is 4. The third-order valence-electron chi connectivity index (χ3n) is 9.42. The molecule has 5 rings (SSSR count). The Kier molecular flexibility index (Phi) is 14.8. The van der Waals surface area contributed by atoms with Crippen LogP contribution in [0.25, 0.3) is 22.0 Å². The van der Waals surface area contributed by atoms with Gasteiger partial charge in [0.2, 0.25) is 10.0 Å². The molecule has 0 saturated carbocycles. The first-order valence-electron chi connectivity index (χ1n) is 19.4. The highest BCUT2D eigenvalue weighted by Crippen LogP contribution is 2.31. The maximum atomic E-state index is 13.6. The van der Waals surface area contributed by atoms with E-state index in [0.29, 0.717) is 30.0 Å². The predicted octanol–water partition coefficient (Wildman–Crippen LogP) is 8.62. The van der Waals surface area contributed by atoms with Gasteiger partial charge in [0.15, 0.2) is 6.29 Å². The number of nitrogens with zero attached hydrogens (tertiary/aromatic N) is 2. The van der Waals surface area contributed by atoms with Gasteiger partial charge in [-0.15, -0.1) is 0 Å². The molecule has 2 amide bonds. The molecule has 0 spiro atoms. The van der Waals surface area contributed by atoms with E-state index in [1.54, 1.807) is 17.2 Å². The molecule has 1 aromatic heterocycles. The van der Waals surface area contributed by atoms with Crippen molar-refractivity contribution < 1.29 is 41.7 Å². The minimum atomic E-state index is -3.96. The average molecular weight is 824 g/mol. The van der Waals surface area contributed by atoms with E-state index in [1.165, 1.54) is 6.92 Å². The summed E-state index contributed by atoms with van der Waals surface area (Å²) in [5.41, 5.74) is 4.07. The Morgan fingerprint density at radius 2 is 1.75 bits per heavy atom. The van der Waals surface area contributed by atoms with Crippen LogP contribution in [-0.2, 0) is 40.2 Å². The quantitative estimate of drug-likeness (QED) is 0.0868. The zero-order valence-corrected chi connectivity index (χ0v) is 35.2. The van der Waals surface area contributed by atoms with Crippen LogP contribution in [-0.4, -0.2) is 79.8 Å². The standard InChI is InChI=1S/C43H54ClN3O9S/c1-29(2)47-27-37(41(49)45-57(51,52)24-10-23-53-30(3)48)36-19-18-33(26-38(36)47)32-16-14-31(15-17-32)20-21-46(42(50)56-43(4,5)6)28-39(34-11-9-12-35(44)25-34)55-40-13-7-8-22-54-40/h9,11-12,14-19,25-27,29,39-40H,7-8,10,13,20-24,28H2,1-6H3,(H,45,49)/t39-,40?/m1/s1. The van der Waals surface area contributed by atoms with Gasteiger partial charge >= 0.3 is 12.1 Å². The van der Waals surface area contributed by atoms with Crippen molar-refractivity contribution in [2.75, 3.05) is 32.1 Å². The fraction of sp³-hybridized carbons (Fsp3) is 0.465. The van der Waals surface area contributed by atoms with E-state index in [0.717, 1.165) is 47.0 Å². The highest BCUT2D eigenvalue weighted by Gasteiger charge is 2.29. The van der Waals surface area contributed by atoms with E-state index in [4.69, 9.17) is 30.5 Å². The Hall–Kier alpha value is -4.43. The molecule has 0 bridgehead atoms. The molecule has 308 valence electrons. The minimum absolute atomic E-state index is 0.0148. The van der Waals surface area contributed by atoms with Crippen LogP contribution in [0.3, 0.4) is 0 Å². The van der Waals surface area contributed by atoms with Crippen LogP contribution < -0.4 is 4.72 Å². The van der Waals surface area contributed by atoms with Crippen molar-refractivity contribution in [2.24, 2.45) is 0 Å². The van der Waals surface area contributed by atoms with E-state index in [1.807, 2.05) is 99.8 Å². The summed E-state index contributed by atoms with van der Waals surface area (Å²) in [6.07, 6.45) is 3.75. The van der Waals surface area contributed by atoms with Crippen molar-refractivity contribution >= 4 is 50.5 Å². The zero-order chi connectivity index (χ0) is 41.3. The number of hydrogen-bond acceptors (Lipinski definition) is 9. The van der Waals surface area contributed by atoms with Gasteiger partial charge in [0.1, 0.15) is 11.7 Å². The van der Waals surface area contributed by atoms with Crippen LogP contribution in [0.15, 0.2) is 72.9 Å². The van der Waals surface area contributed by atoms with Gasteiger partial charge in [0.25, 0.3) is 5.91 Å². The molecule has 2 atom stereocenters. The van der Waals surface area contributed by atoms with Crippen molar-refractivity contribution in [2.45, 2.75) is 97.7 Å². The van der Waals surface area contributed by atoms with E-state index in [2.05, 4.69) is 4.72 Å². The number of esters is 1. The molecule has 12 nitrogen and oxygen atoms in total. The van der Waals surface area contributed by atoms with Crippen LogP contribution >= 0.6 is 11.6 Å². The Morgan fingerprint density at radius 1 is 1.02 bits per heavy atom. The average Bonchev–Trinajstić information content (AvgIpc) is 3.54. The Morgan fingerprint density at radius 3 is 2.40 bits per heavy atom. The van der Waals surface area contributed by atoms with Crippen LogP contribution in [0.4, 0.5) is 4.79 Å². The van der Waals surface area contributed by atoms with Gasteiger partial charge in [-0.2, -0.15) is 0 Å². The number of benzene rings is 3. The van der Waals surface area contributed by atoms with Crippen LogP contribution in [0.2, 0.25) is 5.02 Å². The molecular weight excluding hydrogens is 770 g/mol. The zero-order valence-electron chi connectivity index (χ0n) is 33.6. The summed E-state index contributed by atoms with van der Waals surface area (Å²) in [5, 5.41) is 1.20. The lowest BCUT2D eigenvalue weighted by atomic mass is 10.0. The molecule has 57 heavy (non-hydrogen) atoms. The summed E-state index contributed by atoms with van der Waals surface area (Å²) in [4.78, 5) is 39.6. The number of carbonyl (C=O) groups is 3. The highest BCUT2D eigenvalue weighted by atomic mass is 35.5. The number of nitrogens with one attached hydrogen (secondary N) is 1. The molecule has 14 heteroatoms. The lowest BCUT2D eigenvalue weighted by Gasteiger charge is -2.33. The topological polar surface area (TPSA) is 142 Å². The molecule has 2 heterocycles. The number of fused-ring (bicyclic) bond motifs is 1. The first-order valence-corrected chi connectivity index (χ1v) is 21.4. The fourth-order valence-electron chi connectivity index (χ4n) is 6.60. The second-order valence-corrected chi connectivity index (χ2v) is 17.8.